The highest BCUT2D eigenvalue weighted by atomic mass is 35.5. The topological polar surface area (TPSA) is 60.2 Å². The lowest BCUT2D eigenvalue weighted by atomic mass is 9.82. The van der Waals surface area contributed by atoms with Crippen LogP contribution < -0.4 is 4.74 Å². The molecular formula is C15H18ClN3O2. The molecule has 1 saturated carbocycles. The van der Waals surface area contributed by atoms with Gasteiger partial charge in [-0.2, -0.15) is 0 Å². The monoisotopic (exact) mass is 307 g/mol. The molecule has 6 heteroatoms. The zero-order valence-corrected chi connectivity index (χ0v) is 12.5. The van der Waals surface area contributed by atoms with Crippen molar-refractivity contribution in [3.8, 4) is 5.75 Å². The van der Waals surface area contributed by atoms with E-state index in [-0.39, 0.29) is 6.61 Å². The molecule has 3 rings (SSSR count). The molecular weight excluding hydrogens is 290 g/mol. The maximum absolute atomic E-state index is 9.37. The summed E-state index contributed by atoms with van der Waals surface area (Å²) in [4.78, 5) is 0. The lowest BCUT2D eigenvalue weighted by molar-refractivity contribution is 0.267. The predicted octanol–water partition coefficient (Wildman–Crippen LogP) is 2.77. The van der Waals surface area contributed by atoms with Crippen molar-refractivity contribution < 1.29 is 9.84 Å². The Balaban J connectivity index is 1.62. The van der Waals surface area contributed by atoms with Crippen LogP contribution in [0, 0.1) is 0 Å². The molecule has 1 aromatic heterocycles. The van der Waals surface area contributed by atoms with E-state index in [0.29, 0.717) is 29.8 Å². The molecule has 112 valence electrons. The summed E-state index contributed by atoms with van der Waals surface area (Å²) in [6.45, 7) is 1.08. The SMILES string of the molecule is OCc1nnn(CCOc2ccc(Cl)cc2)c1C1CCC1. The molecule has 0 aliphatic heterocycles. The fourth-order valence-electron chi connectivity index (χ4n) is 2.54. The summed E-state index contributed by atoms with van der Waals surface area (Å²) in [5.41, 5.74) is 1.77. The smallest absolute Gasteiger partial charge is 0.119 e. The third kappa shape index (κ3) is 3.19. The zero-order chi connectivity index (χ0) is 14.7. The molecule has 0 unspecified atom stereocenters. The summed E-state index contributed by atoms with van der Waals surface area (Å²) in [5, 5.41) is 18.3. The van der Waals surface area contributed by atoms with Crippen LogP contribution in [0.3, 0.4) is 0 Å². The highest BCUT2D eigenvalue weighted by Crippen LogP contribution is 2.37. The van der Waals surface area contributed by atoms with Gasteiger partial charge in [-0.05, 0) is 37.1 Å². The molecule has 5 nitrogen and oxygen atoms in total. The molecule has 0 spiro atoms. The van der Waals surface area contributed by atoms with Crippen molar-refractivity contribution in [2.24, 2.45) is 0 Å². The predicted molar refractivity (Wildman–Crippen MR) is 79.5 cm³/mol. The van der Waals surface area contributed by atoms with Crippen LogP contribution in [-0.4, -0.2) is 26.7 Å². The summed E-state index contributed by atoms with van der Waals surface area (Å²) < 4.78 is 7.55. The van der Waals surface area contributed by atoms with Crippen LogP contribution in [0.4, 0.5) is 0 Å². The minimum atomic E-state index is -0.0517. The van der Waals surface area contributed by atoms with E-state index in [2.05, 4.69) is 10.3 Å². The number of aromatic nitrogens is 3. The van der Waals surface area contributed by atoms with Gasteiger partial charge in [0.1, 0.15) is 18.1 Å². The molecule has 0 atom stereocenters. The number of hydrogen-bond donors (Lipinski definition) is 1. The number of nitrogens with zero attached hydrogens (tertiary/aromatic N) is 3. The van der Waals surface area contributed by atoms with Gasteiger partial charge < -0.3 is 9.84 Å². The van der Waals surface area contributed by atoms with Crippen LogP contribution in [0.5, 0.6) is 5.75 Å². The number of rotatable bonds is 6. The summed E-state index contributed by atoms with van der Waals surface area (Å²) in [5.74, 6) is 1.27. The third-order valence-corrected chi connectivity index (χ3v) is 4.13. The van der Waals surface area contributed by atoms with E-state index in [1.807, 2.05) is 16.8 Å². The molecule has 21 heavy (non-hydrogen) atoms. The molecule has 0 saturated heterocycles. The van der Waals surface area contributed by atoms with Gasteiger partial charge in [0.15, 0.2) is 0 Å². The second kappa shape index (κ2) is 6.45. The first kappa shape index (κ1) is 14.4. The van der Waals surface area contributed by atoms with Crippen LogP contribution in [0.1, 0.15) is 36.6 Å². The highest BCUT2D eigenvalue weighted by molar-refractivity contribution is 6.30. The van der Waals surface area contributed by atoms with Gasteiger partial charge in [-0.25, -0.2) is 4.68 Å². The van der Waals surface area contributed by atoms with E-state index in [1.54, 1.807) is 12.1 Å². The van der Waals surface area contributed by atoms with Gasteiger partial charge in [0, 0.05) is 10.9 Å². The fourth-order valence-corrected chi connectivity index (χ4v) is 2.67. The van der Waals surface area contributed by atoms with Crippen LogP contribution >= 0.6 is 11.6 Å². The van der Waals surface area contributed by atoms with E-state index < -0.39 is 0 Å². The summed E-state index contributed by atoms with van der Waals surface area (Å²) in [6, 6.07) is 7.29. The van der Waals surface area contributed by atoms with E-state index >= 15 is 0 Å². The van der Waals surface area contributed by atoms with Crippen molar-refractivity contribution in [3.05, 3.63) is 40.7 Å². The number of aliphatic hydroxyl groups excluding tert-OH is 1. The molecule has 1 fully saturated rings. The summed E-state index contributed by atoms with van der Waals surface area (Å²) >= 11 is 5.84. The van der Waals surface area contributed by atoms with Crippen molar-refractivity contribution in [2.75, 3.05) is 6.61 Å². The van der Waals surface area contributed by atoms with Crippen LogP contribution in [-0.2, 0) is 13.2 Å². The second-order valence-electron chi connectivity index (χ2n) is 5.23. The number of ether oxygens (including phenoxy) is 1. The third-order valence-electron chi connectivity index (χ3n) is 3.87. The maximum atomic E-state index is 9.37. The van der Waals surface area contributed by atoms with E-state index in [1.165, 1.54) is 6.42 Å². The van der Waals surface area contributed by atoms with E-state index in [9.17, 15) is 5.11 Å². The molecule has 0 amide bonds. The zero-order valence-electron chi connectivity index (χ0n) is 11.7. The van der Waals surface area contributed by atoms with Gasteiger partial charge in [-0.1, -0.05) is 23.2 Å². The lowest BCUT2D eigenvalue weighted by Gasteiger charge is -2.26. The molecule has 0 bridgehead atoms. The molecule has 1 aliphatic rings. The number of aliphatic hydroxyl groups is 1. The fraction of sp³-hybridized carbons (Fsp3) is 0.467. The lowest BCUT2D eigenvalue weighted by Crippen LogP contribution is -2.19. The molecule has 1 N–H and O–H groups in total. The maximum Gasteiger partial charge on any atom is 0.119 e. The number of hydrogen-bond acceptors (Lipinski definition) is 4. The van der Waals surface area contributed by atoms with Crippen molar-refractivity contribution in [2.45, 2.75) is 38.3 Å². The van der Waals surface area contributed by atoms with Gasteiger partial charge >= 0.3 is 0 Å². The van der Waals surface area contributed by atoms with Gasteiger partial charge in [0.2, 0.25) is 0 Å². The van der Waals surface area contributed by atoms with Gasteiger partial charge in [-0.3, -0.25) is 0 Å². The Morgan fingerprint density at radius 2 is 2.05 bits per heavy atom. The van der Waals surface area contributed by atoms with Crippen LogP contribution in [0.15, 0.2) is 24.3 Å². The first-order chi connectivity index (χ1) is 10.3. The van der Waals surface area contributed by atoms with E-state index in [0.717, 1.165) is 24.3 Å². The Morgan fingerprint density at radius 1 is 1.29 bits per heavy atom. The van der Waals surface area contributed by atoms with Gasteiger partial charge in [0.25, 0.3) is 0 Å². The quantitative estimate of drug-likeness (QED) is 0.891. The minimum Gasteiger partial charge on any atom is -0.492 e. The second-order valence-corrected chi connectivity index (χ2v) is 5.67. The largest absolute Gasteiger partial charge is 0.492 e. The summed E-state index contributed by atoms with van der Waals surface area (Å²) in [6.07, 6.45) is 3.54. The number of halogens is 1. The van der Waals surface area contributed by atoms with Crippen molar-refractivity contribution in [1.82, 2.24) is 15.0 Å². The molecule has 1 heterocycles. The van der Waals surface area contributed by atoms with Crippen LogP contribution in [0.25, 0.3) is 0 Å². The molecule has 1 aromatic carbocycles. The Labute approximate surface area is 128 Å². The van der Waals surface area contributed by atoms with Crippen LogP contribution in [0.2, 0.25) is 5.02 Å². The van der Waals surface area contributed by atoms with Crippen molar-refractivity contribution >= 4 is 11.6 Å². The Kier molecular flexibility index (Phi) is 4.41. The van der Waals surface area contributed by atoms with Gasteiger partial charge in [-0.15, -0.1) is 5.10 Å². The summed E-state index contributed by atoms with van der Waals surface area (Å²) in [7, 11) is 0. The molecule has 1 aliphatic carbocycles. The normalized spacial score (nSPS) is 15.0. The Morgan fingerprint density at radius 3 is 2.67 bits per heavy atom. The standard InChI is InChI=1S/C15H18ClN3O2/c16-12-4-6-13(7-5-12)21-9-8-19-15(11-2-1-3-11)14(10-20)17-18-19/h4-7,11,20H,1-3,8-10H2. The highest BCUT2D eigenvalue weighted by Gasteiger charge is 2.27. The van der Waals surface area contributed by atoms with E-state index in [4.69, 9.17) is 16.3 Å². The van der Waals surface area contributed by atoms with Crippen molar-refractivity contribution in [3.63, 3.8) is 0 Å². The minimum absolute atomic E-state index is 0.0517. The average molecular weight is 308 g/mol. The van der Waals surface area contributed by atoms with Crippen molar-refractivity contribution in [1.29, 1.82) is 0 Å². The average Bonchev–Trinajstić information content (AvgIpc) is 2.82. The molecule has 0 radical (unpaired) electrons. The van der Waals surface area contributed by atoms with Gasteiger partial charge in [0.05, 0.1) is 18.8 Å². The first-order valence-corrected chi connectivity index (χ1v) is 7.57. The Bertz CT molecular complexity index is 593. The number of benzene rings is 1. The Hall–Kier alpha value is -1.59. The molecule has 2 aromatic rings. The first-order valence-electron chi connectivity index (χ1n) is 7.19.